The van der Waals surface area contributed by atoms with Crippen molar-refractivity contribution in [3.8, 4) is 5.75 Å². The summed E-state index contributed by atoms with van der Waals surface area (Å²) < 4.78 is 5.91. The van der Waals surface area contributed by atoms with Crippen LogP contribution in [0.2, 0.25) is 0 Å². The lowest BCUT2D eigenvalue weighted by Gasteiger charge is -2.15. The van der Waals surface area contributed by atoms with Crippen LogP contribution in [-0.4, -0.2) is 6.54 Å². The van der Waals surface area contributed by atoms with Crippen molar-refractivity contribution in [1.29, 1.82) is 0 Å². The number of hydrogen-bond donors (Lipinski definition) is 1. The Balaban J connectivity index is 1.74. The zero-order valence-corrected chi connectivity index (χ0v) is 13.1. The maximum atomic E-state index is 5.98. The molecule has 1 unspecified atom stereocenters. The third-order valence-corrected chi connectivity index (χ3v) is 4.62. The first-order valence-corrected chi connectivity index (χ1v) is 8.25. The van der Waals surface area contributed by atoms with Crippen molar-refractivity contribution in [2.75, 3.05) is 6.54 Å². The molecule has 0 saturated heterocycles. The van der Waals surface area contributed by atoms with E-state index in [9.17, 15) is 0 Å². The van der Waals surface area contributed by atoms with E-state index in [0.717, 1.165) is 5.75 Å². The van der Waals surface area contributed by atoms with Gasteiger partial charge in [-0.25, -0.2) is 0 Å². The molecule has 1 aromatic heterocycles. The molecule has 3 aromatic rings. The zero-order valence-electron chi connectivity index (χ0n) is 12.3. The molecule has 2 nitrogen and oxygen atoms in total. The molecule has 0 bridgehead atoms. The van der Waals surface area contributed by atoms with Gasteiger partial charge in [0.15, 0.2) is 0 Å². The lowest BCUT2D eigenvalue weighted by atomic mass is 9.97. The lowest BCUT2D eigenvalue weighted by molar-refractivity contribution is 0.306. The highest BCUT2D eigenvalue weighted by Crippen LogP contribution is 2.29. The highest BCUT2D eigenvalue weighted by Gasteiger charge is 2.14. The van der Waals surface area contributed by atoms with Crippen molar-refractivity contribution in [2.45, 2.75) is 12.5 Å². The van der Waals surface area contributed by atoms with E-state index in [2.05, 4.69) is 41.8 Å². The van der Waals surface area contributed by atoms with E-state index < -0.39 is 0 Å². The first-order chi connectivity index (χ1) is 10.9. The zero-order chi connectivity index (χ0) is 15.2. The van der Waals surface area contributed by atoms with Crippen molar-refractivity contribution in [1.82, 2.24) is 0 Å². The molecule has 2 aromatic carbocycles. The summed E-state index contributed by atoms with van der Waals surface area (Å²) in [5.41, 5.74) is 8.35. The van der Waals surface area contributed by atoms with Crippen LogP contribution in [0.1, 0.15) is 21.9 Å². The Morgan fingerprint density at radius 3 is 2.55 bits per heavy atom. The van der Waals surface area contributed by atoms with Crippen LogP contribution in [0.5, 0.6) is 5.75 Å². The van der Waals surface area contributed by atoms with Crippen LogP contribution in [0.3, 0.4) is 0 Å². The number of nitrogens with two attached hydrogens (primary N) is 1. The summed E-state index contributed by atoms with van der Waals surface area (Å²) in [7, 11) is 0. The summed E-state index contributed by atoms with van der Waals surface area (Å²) in [4.78, 5) is 1.29. The Morgan fingerprint density at radius 1 is 0.955 bits per heavy atom. The van der Waals surface area contributed by atoms with E-state index >= 15 is 0 Å². The molecular weight excluding hydrogens is 290 g/mol. The summed E-state index contributed by atoms with van der Waals surface area (Å²) in [6, 6.07) is 22.6. The number of rotatable bonds is 6. The van der Waals surface area contributed by atoms with Gasteiger partial charge >= 0.3 is 0 Å². The quantitative estimate of drug-likeness (QED) is 0.731. The molecule has 22 heavy (non-hydrogen) atoms. The fraction of sp³-hybridized carbons (Fsp3) is 0.158. The van der Waals surface area contributed by atoms with Gasteiger partial charge in [0.1, 0.15) is 12.4 Å². The van der Waals surface area contributed by atoms with E-state index in [0.29, 0.717) is 13.2 Å². The second-order valence-corrected chi connectivity index (χ2v) is 6.13. The van der Waals surface area contributed by atoms with E-state index in [1.807, 2.05) is 30.3 Å². The monoisotopic (exact) mass is 309 g/mol. The lowest BCUT2D eigenvalue weighted by Crippen LogP contribution is -2.12. The highest BCUT2D eigenvalue weighted by molar-refractivity contribution is 7.10. The molecule has 0 radical (unpaired) electrons. The minimum absolute atomic E-state index is 0.236. The predicted molar refractivity (Wildman–Crippen MR) is 92.4 cm³/mol. The summed E-state index contributed by atoms with van der Waals surface area (Å²) >= 11 is 1.75. The van der Waals surface area contributed by atoms with E-state index in [4.69, 9.17) is 10.5 Å². The first kappa shape index (κ1) is 14.8. The second kappa shape index (κ2) is 7.25. The van der Waals surface area contributed by atoms with E-state index in [1.165, 1.54) is 16.0 Å². The number of benzene rings is 2. The maximum Gasteiger partial charge on any atom is 0.120 e. The molecule has 112 valence electrons. The Labute approximate surface area is 135 Å². The standard InChI is InChI=1S/C19H19NOS/c20-13-18(19-10-5-11-22-19)16-8-4-9-17(12-16)21-14-15-6-2-1-3-7-15/h1-12,18H,13-14,20H2. The molecule has 0 saturated carbocycles. The number of hydrogen-bond acceptors (Lipinski definition) is 3. The summed E-state index contributed by atoms with van der Waals surface area (Å²) in [5.74, 6) is 1.12. The first-order valence-electron chi connectivity index (χ1n) is 7.37. The van der Waals surface area contributed by atoms with Crippen molar-refractivity contribution in [3.05, 3.63) is 88.1 Å². The van der Waals surface area contributed by atoms with E-state index in [-0.39, 0.29) is 5.92 Å². The molecule has 3 heteroatoms. The van der Waals surface area contributed by atoms with Gasteiger partial charge in [0.25, 0.3) is 0 Å². The van der Waals surface area contributed by atoms with Crippen molar-refractivity contribution in [2.24, 2.45) is 5.73 Å². The Morgan fingerprint density at radius 2 is 1.82 bits per heavy atom. The summed E-state index contributed by atoms with van der Waals surface area (Å²) in [6.45, 7) is 1.18. The van der Waals surface area contributed by atoms with Crippen molar-refractivity contribution in [3.63, 3.8) is 0 Å². The van der Waals surface area contributed by atoms with Gasteiger partial charge in [-0.1, -0.05) is 48.5 Å². The van der Waals surface area contributed by atoms with Crippen LogP contribution in [0.4, 0.5) is 0 Å². The third-order valence-electron chi connectivity index (χ3n) is 3.63. The Bertz CT molecular complexity index is 694. The second-order valence-electron chi connectivity index (χ2n) is 5.15. The third kappa shape index (κ3) is 3.56. The fourth-order valence-electron chi connectivity index (χ4n) is 2.47. The van der Waals surface area contributed by atoms with Gasteiger partial charge in [-0.2, -0.15) is 0 Å². The molecule has 0 aliphatic rings. The van der Waals surface area contributed by atoms with Crippen LogP contribution in [0.25, 0.3) is 0 Å². The van der Waals surface area contributed by atoms with Crippen LogP contribution in [0.15, 0.2) is 72.1 Å². The van der Waals surface area contributed by atoms with Gasteiger partial charge in [0.05, 0.1) is 0 Å². The van der Waals surface area contributed by atoms with Crippen LogP contribution in [-0.2, 0) is 6.61 Å². The molecule has 3 rings (SSSR count). The van der Waals surface area contributed by atoms with Crippen LogP contribution in [0, 0.1) is 0 Å². The van der Waals surface area contributed by atoms with Gasteiger partial charge in [-0.3, -0.25) is 0 Å². The number of thiophene rings is 1. The minimum Gasteiger partial charge on any atom is -0.489 e. The Kier molecular flexibility index (Phi) is 4.88. The average molecular weight is 309 g/mol. The smallest absolute Gasteiger partial charge is 0.120 e. The molecule has 0 fully saturated rings. The molecule has 1 atom stereocenters. The molecule has 2 N–H and O–H groups in total. The summed E-state index contributed by atoms with van der Waals surface area (Å²) in [6.07, 6.45) is 0. The molecule has 0 aliphatic heterocycles. The summed E-state index contributed by atoms with van der Waals surface area (Å²) in [5, 5.41) is 2.09. The predicted octanol–water partition coefficient (Wildman–Crippen LogP) is 4.42. The Hall–Kier alpha value is -2.10. The topological polar surface area (TPSA) is 35.2 Å². The van der Waals surface area contributed by atoms with Gasteiger partial charge in [0, 0.05) is 17.3 Å². The average Bonchev–Trinajstić information content (AvgIpc) is 3.09. The van der Waals surface area contributed by atoms with Crippen molar-refractivity contribution < 1.29 is 4.74 Å². The van der Waals surface area contributed by atoms with Gasteiger partial charge in [-0.15, -0.1) is 11.3 Å². The van der Waals surface area contributed by atoms with Crippen LogP contribution < -0.4 is 10.5 Å². The minimum atomic E-state index is 0.236. The fourth-order valence-corrected chi connectivity index (χ4v) is 3.34. The molecule has 0 amide bonds. The normalized spacial score (nSPS) is 12.0. The SMILES string of the molecule is NCC(c1cccc(OCc2ccccc2)c1)c1cccs1. The van der Waals surface area contributed by atoms with E-state index in [1.54, 1.807) is 11.3 Å². The largest absolute Gasteiger partial charge is 0.489 e. The van der Waals surface area contributed by atoms with Crippen molar-refractivity contribution >= 4 is 11.3 Å². The molecule has 1 heterocycles. The maximum absolute atomic E-state index is 5.98. The highest BCUT2D eigenvalue weighted by atomic mass is 32.1. The molecule has 0 aliphatic carbocycles. The van der Waals surface area contributed by atoms with Gasteiger partial charge in [0.2, 0.25) is 0 Å². The van der Waals surface area contributed by atoms with Gasteiger partial charge in [-0.05, 0) is 34.7 Å². The molecule has 0 spiro atoms. The number of ether oxygens (including phenoxy) is 1. The molecular formula is C19H19NOS. The van der Waals surface area contributed by atoms with Crippen LogP contribution >= 0.6 is 11.3 Å². The van der Waals surface area contributed by atoms with Gasteiger partial charge < -0.3 is 10.5 Å².